The summed E-state index contributed by atoms with van der Waals surface area (Å²) in [5.74, 6) is -5.35. The van der Waals surface area contributed by atoms with Gasteiger partial charge in [-0.05, 0) is 47.6 Å². The quantitative estimate of drug-likeness (QED) is 0.0670. The topological polar surface area (TPSA) is 284 Å². The molecule has 52 heavy (non-hydrogen) atoms. The Bertz CT molecular complexity index is 1820. The molecule has 0 amide bonds. The van der Waals surface area contributed by atoms with Gasteiger partial charge in [-0.3, -0.25) is 4.90 Å². The molecule has 0 aromatic heterocycles. The van der Waals surface area contributed by atoms with Crippen molar-refractivity contribution in [2.45, 2.75) is 55.6 Å². The van der Waals surface area contributed by atoms with Crippen molar-refractivity contribution in [2.24, 2.45) is 0 Å². The van der Waals surface area contributed by atoms with Crippen molar-refractivity contribution in [1.82, 2.24) is 5.32 Å². The number of phenols is 2. The van der Waals surface area contributed by atoms with Crippen LogP contribution in [0.15, 0.2) is 59.8 Å². The minimum absolute atomic E-state index is 0.0117. The van der Waals surface area contributed by atoms with Gasteiger partial charge >= 0.3 is 23.9 Å². The van der Waals surface area contributed by atoms with Crippen molar-refractivity contribution in [1.29, 1.82) is 0 Å². The molecule has 0 saturated carbocycles. The van der Waals surface area contributed by atoms with Crippen molar-refractivity contribution in [2.75, 3.05) is 20.3 Å². The molecule has 2 aromatic carbocycles. The predicted octanol–water partition coefficient (Wildman–Crippen LogP) is -1.58. The monoisotopic (exact) mass is 729 g/mol. The summed E-state index contributed by atoms with van der Waals surface area (Å²) in [5, 5.41) is 83.5. The first-order valence-corrected chi connectivity index (χ1v) is 15.8. The summed E-state index contributed by atoms with van der Waals surface area (Å²) < 4.78 is 21.5. The zero-order valence-corrected chi connectivity index (χ0v) is 27.4. The number of allylic oxidation sites excluding steroid dienone is 1. The first kappa shape index (κ1) is 37.6. The number of quaternary nitrogens is 1. The van der Waals surface area contributed by atoms with Crippen LogP contribution in [0.2, 0.25) is 0 Å². The third-order valence-electron chi connectivity index (χ3n) is 8.80. The lowest BCUT2D eigenvalue weighted by Gasteiger charge is -2.39. The molecule has 18 nitrogen and oxygen atoms in total. The van der Waals surface area contributed by atoms with E-state index in [0.29, 0.717) is 27.3 Å². The number of carbonyl (C=O) groups is 4. The van der Waals surface area contributed by atoms with Gasteiger partial charge in [0.2, 0.25) is 6.29 Å². The van der Waals surface area contributed by atoms with Crippen LogP contribution in [0.4, 0.5) is 5.69 Å². The Kier molecular flexibility index (Phi) is 11.4. The maximum Gasteiger partial charge on any atom is 0.363 e. The molecule has 3 heterocycles. The molecule has 18 heteroatoms. The summed E-state index contributed by atoms with van der Waals surface area (Å²) in [6.45, 7) is -0.624. The Balaban J connectivity index is 1.31. The second-order valence-corrected chi connectivity index (χ2v) is 12.2. The van der Waals surface area contributed by atoms with Gasteiger partial charge in [0, 0.05) is 30.5 Å². The molecule has 8 atom stereocenters. The van der Waals surface area contributed by atoms with Crippen LogP contribution in [0, 0.1) is 0 Å². The first-order chi connectivity index (χ1) is 24.7. The van der Waals surface area contributed by atoms with Gasteiger partial charge < -0.3 is 65.1 Å². The number of hydrogen-bond acceptors (Lipinski definition) is 14. The number of phenolic OH excluding ortho intramolecular Hbond substituents is 2. The van der Waals surface area contributed by atoms with Crippen LogP contribution in [0.25, 0.3) is 6.08 Å². The van der Waals surface area contributed by atoms with Gasteiger partial charge in [0.1, 0.15) is 55.0 Å². The van der Waals surface area contributed by atoms with Crippen LogP contribution in [0.3, 0.4) is 0 Å². The number of aliphatic hydroxyl groups is 3. The largest absolute Gasteiger partial charge is 0.504 e. The van der Waals surface area contributed by atoms with Crippen LogP contribution in [0.5, 0.6) is 23.0 Å². The Morgan fingerprint density at radius 3 is 2.37 bits per heavy atom. The molecule has 5 rings (SSSR count). The standard InChI is InChI=1S/C34H36N2O16/c1-49-24-10-15(2-4-22(24)37)3-5-27(39)50-14-26-28(40)29(41)30(42)34(52-26)51-25-13-20-17(12-23(25)38)11-21(33(47)48)36(20)7-6-16-8-18(31(43)44)35-19(9-16)32(45)46/h2-6,8,10,12-13,19,21,26,28-30,34-35,37-38,40-42H,7,9,11,14H2,1H3,(H,43,44)(H,45,46)(H,47,48)/p+1. The minimum Gasteiger partial charge on any atom is -0.504 e. The van der Waals surface area contributed by atoms with Crippen LogP contribution >= 0.6 is 0 Å². The molecule has 0 spiro atoms. The number of aliphatic hydroxyl groups excluding tert-OH is 3. The fourth-order valence-corrected chi connectivity index (χ4v) is 6.06. The summed E-state index contributed by atoms with van der Waals surface area (Å²) in [6, 6.07) is 4.66. The zero-order chi connectivity index (χ0) is 37.9. The van der Waals surface area contributed by atoms with E-state index in [1.165, 1.54) is 55.7 Å². The van der Waals surface area contributed by atoms with Gasteiger partial charge in [0.25, 0.3) is 0 Å². The van der Waals surface area contributed by atoms with Crippen molar-refractivity contribution >= 4 is 35.6 Å². The number of fused-ring (bicyclic) bond motifs is 1. The Hall–Kier alpha value is -5.66. The molecule has 3 aliphatic rings. The van der Waals surface area contributed by atoms with E-state index in [4.69, 9.17) is 18.9 Å². The molecule has 2 aromatic rings. The highest BCUT2D eigenvalue weighted by molar-refractivity contribution is 5.89. The van der Waals surface area contributed by atoms with E-state index in [9.17, 15) is 60.0 Å². The lowest BCUT2D eigenvalue weighted by molar-refractivity contribution is -0.838. The van der Waals surface area contributed by atoms with E-state index in [1.807, 2.05) is 0 Å². The lowest BCUT2D eigenvalue weighted by Crippen LogP contribution is -3.11. The predicted molar refractivity (Wildman–Crippen MR) is 174 cm³/mol. The number of ether oxygens (including phenoxy) is 4. The van der Waals surface area contributed by atoms with Crippen LogP contribution in [-0.2, 0) is 35.1 Å². The third-order valence-corrected chi connectivity index (χ3v) is 8.80. The molecule has 3 aliphatic heterocycles. The number of carboxylic acids is 3. The second-order valence-electron chi connectivity index (χ2n) is 12.2. The zero-order valence-electron chi connectivity index (χ0n) is 27.4. The first-order valence-electron chi connectivity index (χ1n) is 15.8. The fourth-order valence-electron chi connectivity index (χ4n) is 6.06. The van der Waals surface area contributed by atoms with Crippen molar-refractivity contribution in [3.63, 3.8) is 0 Å². The highest BCUT2D eigenvalue weighted by Crippen LogP contribution is 2.36. The van der Waals surface area contributed by atoms with Crippen LogP contribution in [-0.4, -0.2) is 128 Å². The number of hydrogen-bond donors (Lipinski definition) is 10. The number of carboxylic acid groups (broad SMARTS) is 3. The Morgan fingerprint density at radius 1 is 0.942 bits per heavy atom. The average molecular weight is 730 g/mol. The number of carbonyl (C=O) groups excluding carboxylic acids is 1. The van der Waals surface area contributed by atoms with Gasteiger partial charge in [-0.1, -0.05) is 6.07 Å². The minimum atomic E-state index is -1.85. The van der Waals surface area contributed by atoms with Gasteiger partial charge in [0.15, 0.2) is 29.0 Å². The number of esters is 1. The molecule has 1 saturated heterocycles. The SMILES string of the molecule is COc1cc(C=CC(=O)OCC2OC(Oc3cc4c(cc3O)CC(C(=O)O)[NH+]4CC=C3C=C(C(=O)O)NC(C(=O)O)C3)C(O)C(O)C2O)ccc1O. The lowest BCUT2D eigenvalue weighted by atomic mass is 9.99. The second kappa shape index (κ2) is 15.7. The molecular formula is C34H37N2O16+. The van der Waals surface area contributed by atoms with Gasteiger partial charge in [-0.15, -0.1) is 0 Å². The maximum atomic E-state index is 12.4. The third kappa shape index (κ3) is 8.27. The van der Waals surface area contributed by atoms with E-state index in [0.717, 1.165) is 6.08 Å². The van der Waals surface area contributed by atoms with Crippen LogP contribution < -0.4 is 19.7 Å². The molecular weight excluding hydrogens is 692 g/mol. The van der Waals surface area contributed by atoms with Gasteiger partial charge in [0.05, 0.1) is 7.11 Å². The molecule has 0 bridgehead atoms. The van der Waals surface area contributed by atoms with Crippen molar-refractivity contribution in [3.8, 4) is 23.0 Å². The van der Waals surface area contributed by atoms with Crippen molar-refractivity contribution in [3.05, 3.63) is 71.0 Å². The summed E-state index contributed by atoms with van der Waals surface area (Å²) in [4.78, 5) is 48.1. The molecule has 0 radical (unpaired) electrons. The number of nitrogens with one attached hydrogen (secondary N) is 2. The maximum absolute atomic E-state index is 12.4. The number of aromatic hydroxyl groups is 2. The van der Waals surface area contributed by atoms with Gasteiger partial charge in [-0.2, -0.15) is 0 Å². The number of methoxy groups -OCH3 is 1. The van der Waals surface area contributed by atoms with Crippen LogP contribution in [0.1, 0.15) is 17.5 Å². The number of rotatable bonds is 12. The summed E-state index contributed by atoms with van der Waals surface area (Å²) in [7, 11) is 1.36. The Morgan fingerprint density at radius 2 is 1.69 bits per heavy atom. The normalized spacial score (nSPS) is 27.7. The van der Waals surface area contributed by atoms with E-state index < -0.39 is 79.0 Å². The highest BCUT2D eigenvalue weighted by atomic mass is 16.7. The summed E-state index contributed by atoms with van der Waals surface area (Å²) in [5.41, 5.74) is 1.30. The Labute approximate surface area is 294 Å². The van der Waals surface area contributed by atoms with E-state index in [-0.39, 0.29) is 42.3 Å². The van der Waals surface area contributed by atoms with E-state index in [2.05, 4.69) is 5.32 Å². The fraction of sp³-hybridized carbons (Fsp3) is 0.353. The molecule has 1 fully saturated rings. The number of benzene rings is 2. The summed E-state index contributed by atoms with van der Waals surface area (Å²) in [6.07, 6.45) is -3.38. The highest BCUT2D eigenvalue weighted by Gasteiger charge is 2.46. The van der Waals surface area contributed by atoms with Crippen molar-refractivity contribution < 1.29 is 83.9 Å². The molecule has 10 N–H and O–H groups in total. The molecule has 0 aliphatic carbocycles. The van der Waals surface area contributed by atoms with E-state index >= 15 is 0 Å². The molecule has 278 valence electrons. The van der Waals surface area contributed by atoms with Gasteiger partial charge in [-0.25, -0.2) is 19.2 Å². The van der Waals surface area contributed by atoms with E-state index in [1.54, 1.807) is 0 Å². The average Bonchev–Trinajstić information content (AvgIpc) is 3.47. The summed E-state index contributed by atoms with van der Waals surface area (Å²) >= 11 is 0. The smallest absolute Gasteiger partial charge is 0.363 e. The number of aliphatic carboxylic acids is 3. The molecule has 8 unspecified atom stereocenters.